The summed E-state index contributed by atoms with van der Waals surface area (Å²) in [5.74, 6) is 1.01. The fraction of sp³-hybridized carbons (Fsp3) is 0.500. The number of rotatable bonds is 3. The van der Waals surface area contributed by atoms with Gasteiger partial charge in [-0.05, 0) is 31.4 Å². The van der Waals surface area contributed by atoms with Crippen LogP contribution in [0.3, 0.4) is 0 Å². The Morgan fingerprint density at radius 2 is 2.06 bits per heavy atom. The van der Waals surface area contributed by atoms with E-state index in [1.165, 1.54) is 12.8 Å². The van der Waals surface area contributed by atoms with Gasteiger partial charge in [-0.25, -0.2) is 4.99 Å². The SMILES string of the molecule is CCNC(=NCc1ccccc1Cl)N1CCCC1. The number of nitrogens with zero attached hydrogens (tertiary/aromatic N) is 2. The van der Waals surface area contributed by atoms with Crippen molar-refractivity contribution in [2.24, 2.45) is 4.99 Å². The second-order valence-corrected chi connectivity index (χ2v) is 4.86. The van der Waals surface area contributed by atoms with E-state index >= 15 is 0 Å². The maximum Gasteiger partial charge on any atom is 0.194 e. The number of guanidine groups is 1. The molecule has 0 aromatic heterocycles. The van der Waals surface area contributed by atoms with Crippen molar-refractivity contribution in [2.75, 3.05) is 19.6 Å². The van der Waals surface area contributed by atoms with E-state index in [9.17, 15) is 0 Å². The molecule has 1 aromatic carbocycles. The molecule has 18 heavy (non-hydrogen) atoms. The summed E-state index contributed by atoms with van der Waals surface area (Å²) in [7, 11) is 0. The molecule has 1 saturated heterocycles. The first-order chi connectivity index (χ1) is 8.81. The minimum Gasteiger partial charge on any atom is -0.357 e. The van der Waals surface area contributed by atoms with Gasteiger partial charge in [0.15, 0.2) is 5.96 Å². The van der Waals surface area contributed by atoms with Crippen molar-refractivity contribution in [2.45, 2.75) is 26.3 Å². The van der Waals surface area contributed by atoms with Crippen molar-refractivity contribution in [1.29, 1.82) is 0 Å². The van der Waals surface area contributed by atoms with Crippen LogP contribution in [-0.2, 0) is 6.54 Å². The third-order valence-corrected chi connectivity index (χ3v) is 3.47. The van der Waals surface area contributed by atoms with Crippen molar-refractivity contribution < 1.29 is 0 Å². The highest BCUT2D eigenvalue weighted by Gasteiger charge is 2.15. The van der Waals surface area contributed by atoms with E-state index < -0.39 is 0 Å². The molecule has 0 atom stereocenters. The van der Waals surface area contributed by atoms with Gasteiger partial charge < -0.3 is 10.2 Å². The van der Waals surface area contributed by atoms with Crippen LogP contribution in [0.1, 0.15) is 25.3 Å². The molecule has 1 fully saturated rings. The topological polar surface area (TPSA) is 27.6 Å². The lowest BCUT2D eigenvalue weighted by Gasteiger charge is -2.20. The standard InChI is InChI=1S/C14H20ClN3/c1-2-16-14(18-9-5-6-10-18)17-11-12-7-3-4-8-13(12)15/h3-4,7-8H,2,5-6,9-11H2,1H3,(H,16,17). The smallest absolute Gasteiger partial charge is 0.194 e. The molecule has 2 rings (SSSR count). The first kappa shape index (κ1) is 13.2. The summed E-state index contributed by atoms with van der Waals surface area (Å²) in [5.41, 5.74) is 1.08. The van der Waals surface area contributed by atoms with Crippen molar-refractivity contribution in [3.05, 3.63) is 34.9 Å². The van der Waals surface area contributed by atoms with Crippen molar-refractivity contribution in [3.8, 4) is 0 Å². The van der Waals surface area contributed by atoms with E-state index in [0.717, 1.165) is 36.2 Å². The summed E-state index contributed by atoms with van der Waals surface area (Å²) in [6.07, 6.45) is 2.52. The number of aliphatic imine (C=N–C) groups is 1. The molecule has 1 heterocycles. The van der Waals surface area contributed by atoms with Crippen LogP contribution in [0.5, 0.6) is 0 Å². The Kier molecular flexibility index (Phi) is 4.88. The summed E-state index contributed by atoms with van der Waals surface area (Å²) in [4.78, 5) is 6.99. The Morgan fingerprint density at radius 3 is 2.72 bits per heavy atom. The Balaban J connectivity index is 2.06. The Hall–Kier alpha value is -1.22. The molecule has 4 heteroatoms. The Bertz CT molecular complexity index is 411. The van der Waals surface area contributed by atoms with E-state index in [-0.39, 0.29) is 0 Å². The van der Waals surface area contributed by atoms with Crippen LogP contribution in [0.25, 0.3) is 0 Å². The lowest BCUT2D eigenvalue weighted by molar-refractivity contribution is 0.493. The molecule has 1 aliphatic rings. The van der Waals surface area contributed by atoms with Crippen molar-refractivity contribution in [1.82, 2.24) is 10.2 Å². The average molecular weight is 266 g/mol. The van der Waals surface area contributed by atoms with Crippen LogP contribution in [0.4, 0.5) is 0 Å². The van der Waals surface area contributed by atoms with Crippen LogP contribution in [0, 0.1) is 0 Å². The van der Waals surface area contributed by atoms with Gasteiger partial charge in [0.05, 0.1) is 6.54 Å². The Morgan fingerprint density at radius 1 is 1.33 bits per heavy atom. The van der Waals surface area contributed by atoms with Crippen LogP contribution in [-0.4, -0.2) is 30.5 Å². The maximum atomic E-state index is 6.14. The van der Waals surface area contributed by atoms with Crippen LogP contribution < -0.4 is 5.32 Å². The fourth-order valence-corrected chi connectivity index (χ4v) is 2.34. The molecule has 0 amide bonds. The zero-order valence-corrected chi connectivity index (χ0v) is 11.6. The predicted octanol–water partition coefficient (Wildman–Crippen LogP) is 2.90. The number of nitrogens with one attached hydrogen (secondary N) is 1. The van der Waals surface area contributed by atoms with Gasteiger partial charge in [-0.1, -0.05) is 29.8 Å². The number of hydrogen-bond acceptors (Lipinski definition) is 1. The van der Waals surface area contributed by atoms with E-state index in [4.69, 9.17) is 11.6 Å². The lowest BCUT2D eigenvalue weighted by Crippen LogP contribution is -2.39. The normalized spacial score (nSPS) is 16.1. The largest absolute Gasteiger partial charge is 0.357 e. The lowest BCUT2D eigenvalue weighted by atomic mass is 10.2. The highest BCUT2D eigenvalue weighted by molar-refractivity contribution is 6.31. The molecule has 0 saturated carbocycles. The third-order valence-electron chi connectivity index (χ3n) is 3.10. The number of benzene rings is 1. The van der Waals surface area contributed by atoms with Crippen LogP contribution >= 0.6 is 11.6 Å². The molecule has 1 N–H and O–H groups in total. The molecule has 3 nitrogen and oxygen atoms in total. The van der Waals surface area contributed by atoms with Gasteiger partial charge in [-0.2, -0.15) is 0 Å². The van der Waals surface area contributed by atoms with Crippen molar-refractivity contribution >= 4 is 17.6 Å². The summed E-state index contributed by atoms with van der Waals surface area (Å²) < 4.78 is 0. The molecule has 0 aliphatic carbocycles. The van der Waals surface area contributed by atoms with Gasteiger partial charge >= 0.3 is 0 Å². The van der Waals surface area contributed by atoms with Gasteiger partial charge in [-0.15, -0.1) is 0 Å². The molecule has 1 aromatic rings. The van der Waals surface area contributed by atoms with E-state index in [2.05, 4.69) is 22.1 Å². The highest BCUT2D eigenvalue weighted by atomic mass is 35.5. The van der Waals surface area contributed by atoms with Crippen molar-refractivity contribution in [3.63, 3.8) is 0 Å². The quantitative estimate of drug-likeness (QED) is 0.672. The fourth-order valence-electron chi connectivity index (χ4n) is 2.14. The van der Waals surface area contributed by atoms with Crippen LogP contribution in [0.2, 0.25) is 5.02 Å². The Labute approximate surface area is 114 Å². The molecule has 98 valence electrons. The van der Waals surface area contributed by atoms with Gasteiger partial charge in [-0.3, -0.25) is 0 Å². The monoisotopic (exact) mass is 265 g/mol. The van der Waals surface area contributed by atoms with Gasteiger partial charge in [0, 0.05) is 24.7 Å². The van der Waals surface area contributed by atoms with E-state index in [1.54, 1.807) is 0 Å². The predicted molar refractivity (Wildman–Crippen MR) is 77.1 cm³/mol. The van der Waals surface area contributed by atoms with Gasteiger partial charge in [0.1, 0.15) is 0 Å². The zero-order valence-electron chi connectivity index (χ0n) is 10.8. The third kappa shape index (κ3) is 3.39. The van der Waals surface area contributed by atoms with E-state index in [1.807, 2.05) is 24.3 Å². The molecule has 0 radical (unpaired) electrons. The minimum absolute atomic E-state index is 0.637. The molecule has 1 aliphatic heterocycles. The molecular formula is C14H20ClN3. The molecule has 0 bridgehead atoms. The first-order valence-electron chi connectivity index (χ1n) is 6.58. The zero-order chi connectivity index (χ0) is 12.8. The number of hydrogen-bond donors (Lipinski definition) is 1. The average Bonchev–Trinajstić information content (AvgIpc) is 2.90. The summed E-state index contributed by atoms with van der Waals surface area (Å²) in [6.45, 7) is 5.85. The maximum absolute atomic E-state index is 6.14. The second-order valence-electron chi connectivity index (χ2n) is 4.46. The summed E-state index contributed by atoms with van der Waals surface area (Å²) in [6, 6.07) is 7.88. The van der Waals surface area contributed by atoms with Gasteiger partial charge in [0.2, 0.25) is 0 Å². The minimum atomic E-state index is 0.637. The van der Waals surface area contributed by atoms with E-state index in [0.29, 0.717) is 6.54 Å². The number of likely N-dealkylation sites (tertiary alicyclic amines) is 1. The molecular weight excluding hydrogens is 246 g/mol. The second kappa shape index (κ2) is 6.64. The summed E-state index contributed by atoms with van der Waals surface area (Å²) in [5, 5.41) is 4.14. The van der Waals surface area contributed by atoms with Gasteiger partial charge in [0.25, 0.3) is 0 Å². The summed E-state index contributed by atoms with van der Waals surface area (Å²) >= 11 is 6.14. The molecule has 0 unspecified atom stereocenters. The van der Waals surface area contributed by atoms with Crippen LogP contribution in [0.15, 0.2) is 29.3 Å². The molecule has 0 spiro atoms. The highest BCUT2D eigenvalue weighted by Crippen LogP contribution is 2.16. The first-order valence-corrected chi connectivity index (χ1v) is 6.95. The number of halogens is 1.